The highest BCUT2D eigenvalue weighted by Crippen LogP contribution is 2.40. The van der Waals surface area contributed by atoms with Crippen LogP contribution in [0.5, 0.6) is 11.5 Å². The Bertz CT molecular complexity index is 947. The molecule has 7 nitrogen and oxygen atoms in total. The van der Waals surface area contributed by atoms with Gasteiger partial charge in [0.2, 0.25) is 0 Å². The zero-order valence-corrected chi connectivity index (χ0v) is 19.0. The zero-order valence-electron chi connectivity index (χ0n) is 18.2. The Labute approximate surface area is 181 Å². The van der Waals surface area contributed by atoms with Gasteiger partial charge < -0.3 is 25.4 Å². The first-order valence-electron chi connectivity index (χ1n) is 10.0. The van der Waals surface area contributed by atoms with Gasteiger partial charge in [0, 0.05) is 10.9 Å². The van der Waals surface area contributed by atoms with Crippen LogP contribution >= 0.6 is 11.3 Å². The number of fused-ring (bicyclic) bond motifs is 1. The Kier molecular flexibility index (Phi) is 6.67. The molecular formula is C22H30N3O4S+. The molecule has 162 valence electrons. The second-order valence-electron chi connectivity index (χ2n) is 8.40. The third-order valence-corrected chi connectivity index (χ3v) is 6.17. The molecule has 0 fully saturated rings. The van der Waals surface area contributed by atoms with Crippen molar-refractivity contribution >= 4 is 33.8 Å². The number of carbonyl (C=O) groups is 2. The highest BCUT2D eigenvalue weighted by molar-refractivity contribution is 7.17. The molecule has 0 atom stereocenters. The normalized spacial score (nSPS) is 13.0. The highest BCUT2D eigenvalue weighted by Gasteiger charge is 2.28. The Hall–Kier alpha value is -2.58. The molecule has 2 amide bonds. The van der Waals surface area contributed by atoms with Gasteiger partial charge in [-0.3, -0.25) is 9.59 Å². The van der Waals surface area contributed by atoms with Gasteiger partial charge >= 0.3 is 0 Å². The summed E-state index contributed by atoms with van der Waals surface area (Å²) in [5.41, 5.74) is 2.12. The summed E-state index contributed by atoms with van der Waals surface area (Å²) >= 11 is 1.51. The Morgan fingerprint density at radius 3 is 2.57 bits per heavy atom. The average Bonchev–Trinajstić information content (AvgIpc) is 3.26. The molecule has 0 radical (unpaired) electrons. The number of anilines is 2. The molecule has 0 aliphatic heterocycles. The first-order chi connectivity index (χ1) is 14.2. The van der Waals surface area contributed by atoms with Crippen molar-refractivity contribution in [3.63, 3.8) is 0 Å². The van der Waals surface area contributed by atoms with Crippen molar-refractivity contribution in [1.29, 1.82) is 0 Å². The van der Waals surface area contributed by atoms with Crippen molar-refractivity contribution in [2.24, 2.45) is 0 Å². The number of nitrogens with two attached hydrogens (primary N) is 1. The number of rotatable bonds is 7. The molecule has 30 heavy (non-hydrogen) atoms. The van der Waals surface area contributed by atoms with Gasteiger partial charge in [0.25, 0.3) is 11.8 Å². The Morgan fingerprint density at radius 1 is 1.13 bits per heavy atom. The van der Waals surface area contributed by atoms with Crippen molar-refractivity contribution in [2.75, 3.05) is 31.4 Å². The van der Waals surface area contributed by atoms with Gasteiger partial charge in [-0.05, 0) is 57.7 Å². The molecule has 1 aromatic carbocycles. The fourth-order valence-corrected chi connectivity index (χ4v) is 4.70. The SMILES string of the molecule is COc1ccc(NC(=O)c2c(NC(=O)C[NH2+]C(C)(C)C)sc3c2CCC3)c(OC)c1. The van der Waals surface area contributed by atoms with Crippen LogP contribution in [0.15, 0.2) is 18.2 Å². The molecular weight excluding hydrogens is 402 g/mol. The van der Waals surface area contributed by atoms with Crippen LogP contribution in [-0.4, -0.2) is 38.1 Å². The van der Waals surface area contributed by atoms with Crippen molar-refractivity contribution in [2.45, 2.75) is 45.6 Å². The van der Waals surface area contributed by atoms with Crippen molar-refractivity contribution in [3.05, 3.63) is 34.2 Å². The summed E-state index contributed by atoms with van der Waals surface area (Å²) in [6, 6.07) is 5.23. The van der Waals surface area contributed by atoms with E-state index in [9.17, 15) is 9.59 Å². The minimum atomic E-state index is -0.243. The summed E-state index contributed by atoms with van der Waals surface area (Å²) in [5.74, 6) is 0.804. The van der Waals surface area contributed by atoms with Gasteiger partial charge in [0.1, 0.15) is 16.5 Å². The standard InChI is InChI=1S/C22H29N3O4S/c1-22(2,3)23-12-18(26)25-21-19(14-7-6-8-17(14)30-21)20(27)24-15-10-9-13(28-4)11-16(15)29-5/h9-11,23H,6-8,12H2,1-5H3,(H,24,27)(H,25,26)/p+1. The minimum absolute atomic E-state index is 0.0420. The predicted octanol–water partition coefficient (Wildman–Crippen LogP) is 2.81. The van der Waals surface area contributed by atoms with E-state index in [-0.39, 0.29) is 17.4 Å². The fourth-order valence-electron chi connectivity index (χ4n) is 3.40. The quantitative estimate of drug-likeness (QED) is 0.627. The first-order valence-corrected chi connectivity index (χ1v) is 10.9. The van der Waals surface area contributed by atoms with E-state index in [0.29, 0.717) is 34.3 Å². The maximum absolute atomic E-state index is 13.2. The molecule has 3 rings (SSSR count). The van der Waals surface area contributed by atoms with Crippen LogP contribution in [0.25, 0.3) is 0 Å². The third kappa shape index (κ3) is 5.12. The second kappa shape index (κ2) is 9.06. The first kappa shape index (κ1) is 22.1. The summed E-state index contributed by atoms with van der Waals surface area (Å²) in [6.07, 6.45) is 2.81. The van der Waals surface area contributed by atoms with E-state index in [1.54, 1.807) is 32.4 Å². The van der Waals surface area contributed by atoms with Crippen LogP contribution < -0.4 is 25.4 Å². The van der Waals surface area contributed by atoms with Crippen molar-refractivity contribution in [3.8, 4) is 11.5 Å². The summed E-state index contributed by atoms with van der Waals surface area (Å²) in [7, 11) is 3.12. The number of amides is 2. The lowest BCUT2D eigenvalue weighted by molar-refractivity contribution is -0.707. The van der Waals surface area contributed by atoms with Crippen LogP contribution in [0.3, 0.4) is 0 Å². The van der Waals surface area contributed by atoms with E-state index in [4.69, 9.17) is 9.47 Å². The lowest BCUT2D eigenvalue weighted by Gasteiger charge is -2.16. The average molecular weight is 433 g/mol. The molecule has 2 aromatic rings. The molecule has 1 aromatic heterocycles. The number of thiophene rings is 1. The van der Waals surface area contributed by atoms with Crippen LogP contribution in [0, 0.1) is 0 Å². The molecule has 8 heteroatoms. The molecule has 1 aliphatic rings. The largest absolute Gasteiger partial charge is 0.497 e. The highest BCUT2D eigenvalue weighted by atomic mass is 32.1. The van der Waals surface area contributed by atoms with Gasteiger partial charge in [-0.25, -0.2) is 0 Å². The van der Waals surface area contributed by atoms with Gasteiger partial charge in [-0.1, -0.05) is 0 Å². The zero-order chi connectivity index (χ0) is 21.9. The number of hydrogen-bond acceptors (Lipinski definition) is 5. The van der Waals surface area contributed by atoms with Crippen LogP contribution in [-0.2, 0) is 17.6 Å². The molecule has 1 aliphatic carbocycles. The summed E-state index contributed by atoms with van der Waals surface area (Å²) < 4.78 is 10.6. The Morgan fingerprint density at radius 2 is 1.90 bits per heavy atom. The predicted molar refractivity (Wildman–Crippen MR) is 119 cm³/mol. The number of aryl methyl sites for hydroxylation is 1. The fraction of sp³-hybridized carbons (Fsp3) is 0.455. The number of nitrogens with one attached hydrogen (secondary N) is 2. The molecule has 0 unspecified atom stereocenters. The maximum Gasteiger partial charge on any atom is 0.280 e. The number of benzene rings is 1. The third-order valence-electron chi connectivity index (χ3n) is 4.96. The van der Waals surface area contributed by atoms with E-state index >= 15 is 0 Å². The van der Waals surface area contributed by atoms with Gasteiger partial charge in [0.15, 0.2) is 6.54 Å². The van der Waals surface area contributed by atoms with E-state index < -0.39 is 0 Å². The van der Waals surface area contributed by atoms with E-state index in [1.807, 2.05) is 5.32 Å². The lowest BCUT2D eigenvalue weighted by Crippen LogP contribution is -2.95. The van der Waals surface area contributed by atoms with E-state index in [2.05, 4.69) is 31.4 Å². The van der Waals surface area contributed by atoms with Crippen LogP contribution in [0.4, 0.5) is 10.7 Å². The van der Waals surface area contributed by atoms with Crippen LogP contribution in [0.1, 0.15) is 48.0 Å². The second-order valence-corrected chi connectivity index (χ2v) is 9.51. The summed E-state index contributed by atoms with van der Waals surface area (Å²) in [4.78, 5) is 26.9. The van der Waals surface area contributed by atoms with E-state index in [1.165, 1.54) is 16.2 Å². The lowest BCUT2D eigenvalue weighted by atomic mass is 10.1. The maximum atomic E-state index is 13.2. The monoisotopic (exact) mass is 432 g/mol. The smallest absolute Gasteiger partial charge is 0.280 e. The molecule has 4 N–H and O–H groups in total. The topological polar surface area (TPSA) is 93.3 Å². The number of hydrogen-bond donors (Lipinski definition) is 3. The number of quaternary nitrogens is 1. The minimum Gasteiger partial charge on any atom is -0.497 e. The van der Waals surface area contributed by atoms with Gasteiger partial charge in [-0.15, -0.1) is 11.3 Å². The molecule has 0 bridgehead atoms. The van der Waals surface area contributed by atoms with Gasteiger partial charge in [0.05, 0.1) is 31.0 Å². The van der Waals surface area contributed by atoms with Crippen LogP contribution in [0.2, 0.25) is 0 Å². The van der Waals surface area contributed by atoms with Crippen molar-refractivity contribution in [1.82, 2.24) is 0 Å². The number of methoxy groups -OCH3 is 2. The molecule has 0 saturated heterocycles. The van der Waals surface area contributed by atoms with Gasteiger partial charge in [-0.2, -0.15) is 0 Å². The van der Waals surface area contributed by atoms with Crippen molar-refractivity contribution < 1.29 is 24.4 Å². The summed E-state index contributed by atoms with van der Waals surface area (Å²) in [6.45, 7) is 6.47. The van der Waals surface area contributed by atoms with E-state index in [0.717, 1.165) is 24.8 Å². The Balaban J connectivity index is 1.83. The molecule has 0 saturated carbocycles. The molecule has 1 heterocycles. The molecule has 0 spiro atoms. The number of ether oxygens (including phenoxy) is 2. The number of carbonyl (C=O) groups excluding carboxylic acids is 2. The summed E-state index contributed by atoms with van der Waals surface area (Å²) in [5, 5.41) is 8.51.